The summed E-state index contributed by atoms with van der Waals surface area (Å²) < 4.78 is 0. The van der Waals surface area contributed by atoms with Crippen LogP contribution >= 0.6 is 0 Å². The number of rotatable bonds is 3. The Kier molecular flexibility index (Phi) is 4.19. The lowest BCUT2D eigenvalue weighted by Crippen LogP contribution is -2.48. The van der Waals surface area contributed by atoms with E-state index < -0.39 is 0 Å². The minimum absolute atomic E-state index is 0.347. The van der Waals surface area contributed by atoms with E-state index in [0.717, 1.165) is 0 Å². The summed E-state index contributed by atoms with van der Waals surface area (Å²) in [6.45, 7) is 2.27. The Labute approximate surface area is 105 Å². The van der Waals surface area contributed by atoms with Crippen LogP contribution in [0.1, 0.15) is 44.2 Å². The highest BCUT2D eigenvalue weighted by molar-refractivity contribution is 5.18. The van der Waals surface area contributed by atoms with Crippen molar-refractivity contribution in [2.24, 2.45) is 5.73 Å². The first-order chi connectivity index (χ1) is 8.20. The molecular weight excluding hydrogens is 208 g/mol. The molecular formula is C15H24N2. The summed E-state index contributed by atoms with van der Waals surface area (Å²) in [7, 11) is 2.22. The molecule has 0 spiro atoms. The van der Waals surface area contributed by atoms with Gasteiger partial charge in [0.15, 0.2) is 0 Å². The van der Waals surface area contributed by atoms with Gasteiger partial charge in [-0.3, -0.25) is 4.90 Å². The van der Waals surface area contributed by atoms with Crippen LogP contribution in [0.15, 0.2) is 30.3 Å². The summed E-state index contributed by atoms with van der Waals surface area (Å²) in [5, 5.41) is 0. The van der Waals surface area contributed by atoms with Crippen molar-refractivity contribution in [3.8, 4) is 0 Å². The Morgan fingerprint density at radius 2 is 1.82 bits per heavy atom. The maximum Gasteiger partial charge on any atom is 0.0320 e. The van der Waals surface area contributed by atoms with E-state index >= 15 is 0 Å². The van der Waals surface area contributed by atoms with Crippen molar-refractivity contribution in [3.63, 3.8) is 0 Å². The summed E-state index contributed by atoms with van der Waals surface area (Å²) in [6, 6.07) is 12.0. The molecule has 1 aliphatic carbocycles. The molecule has 0 radical (unpaired) electrons. The lowest BCUT2D eigenvalue weighted by atomic mass is 9.89. The molecule has 2 heteroatoms. The first kappa shape index (κ1) is 12.6. The van der Waals surface area contributed by atoms with Crippen LogP contribution in [0.4, 0.5) is 0 Å². The highest BCUT2D eigenvalue weighted by Gasteiger charge is 2.28. The van der Waals surface area contributed by atoms with Gasteiger partial charge < -0.3 is 5.73 Å². The van der Waals surface area contributed by atoms with Crippen LogP contribution in [0.2, 0.25) is 0 Å². The Bertz CT molecular complexity index is 336. The predicted molar refractivity (Wildman–Crippen MR) is 72.9 cm³/mol. The van der Waals surface area contributed by atoms with Gasteiger partial charge in [-0.05, 0) is 32.4 Å². The van der Waals surface area contributed by atoms with Crippen LogP contribution in [0, 0.1) is 0 Å². The number of benzene rings is 1. The molecule has 0 amide bonds. The zero-order chi connectivity index (χ0) is 12.3. The normalized spacial score (nSPS) is 27.1. The van der Waals surface area contributed by atoms with Crippen LogP contribution in [0.5, 0.6) is 0 Å². The summed E-state index contributed by atoms with van der Waals surface area (Å²) in [5.74, 6) is 0. The highest BCUT2D eigenvalue weighted by atomic mass is 15.2. The molecule has 0 aliphatic heterocycles. The molecule has 2 nitrogen and oxygen atoms in total. The van der Waals surface area contributed by atoms with Crippen LogP contribution < -0.4 is 5.73 Å². The van der Waals surface area contributed by atoms with Gasteiger partial charge in [-0.15, -0.1) is 0 Å². The van der Waals surface area contributed by atoms with Gasteiger partial charge in [0.25, 0.3) is 0 Å². The van der Waals surface area contributed by atoms with Crippen LogP contribution in [0.25, 0.3) is 0 Å². The third-order valence-electron chi connectivity index (χ3n) is 4.20. The van der Waals surface area contributed by atoms with Crippen LogP contribution in [0.3, 0.4) is 0 Å². The van der Waals surface area contributed by atoms with Crippen molar-refractivity contribution in [2.75, 3.05) is 7.05 Å². The van der Waals surface area contributed by atoms with E-state index in [1.165, 1.54) is 31.2 Å². The maximum atomic E-state index is 6.25. The third-order valence-corrected chi connectivity index (χ3v) is 4.20. The van der Waals surface area contributed by atoms with Gasteiger partial charge in [0.2, 0.25) is 0 Å². The Morgan fingerprint density at radius 1 is 1.18 bits per heavy atom. The van der Waals surface area contributed by atoms with Crippen molar-refractivity contribution in [1.82, 2.24) is 4.90 Å². The summed E-state index contributed by atoms with van der Waals surface area (Å²) >= 11 is 0. The molecule has 1 aromatic rings. The third kappa shape index (κ3) is 2.88. The second-order valence-corrected chi connectivity index (χ2v) is 5.27. The molecule has 2 rings (SSSR count). The minimum atomic E-state index is 0.347. The smallest absolute Gasteiger partial charge is 0.0320 e. The maximum absolute atomic E-state index is 6.25. The van der Waals surface area contributed by atoms with Crippen molar-refractivity contribution in [2.45, 2.75) is 50.7 Å². The molecule has 1 saturated carbocycles. The predicted octanol–water partition coefficient (Wildman–Crippen LogP) is 2.95. The van der Waals surface area contributed by atoms with Crippen molar-refractivity contribution < 1.29 is 0 Å². The minimum Gasteiger partial charge on any atom is -0.326 e. The van der Waals surface area contributed by atoms with E-state index in [1.807, 2.05) is 0 Å². The molecule has 17 heavy (non-hydrogen) atoms. The molecule has 1 fully saturated rings. The van der Waals surface area contributed by atoms with Gasteiger partial charge in [0.1, 0.15) is 0 Å². The van der Waals surface area contributed by atoms with E-state index in [2.05, 4.69) is 49.2 Å². The fourth-order valence-electron chi connectivity index (χ4n) is 2.90. The first-order valence-electron chi connectivity index (χ1n) is 6.72. The summed E-state index contributed by atoms with van der Waals surface area (Å²) in [4.78, 5) is 2.46. The topological polar surface area (TPSA) is 29.3 Å². The van der Waals surface area contributed by atoms with E-state index in [1.54, 1.807) is 0 Å². The van der Waals surface area contributed by atoms with Crippen LogP contribution in [-0.4, -0.2) is 24.0 Å². The van der Waals surface area contributed by atoms with Gasteiger partial charge in [-0.1, -0.05) is 43.2 Å². The number of hydrogen-bond donors (Lipinski definition) is 1. The molecule has 2 N–H and O–H groups in total. The molecule has 0 bridgehead atoms. The van der Waals surface area contributed by atoms with E-state index in [4.69, 9.17) is 5.73 Å². The van der Waals surface area contributed by atoms with E-state index in [0.29, 0.717) is 18.1 Å². The molecule has 0 aromatic heterocycles. The standard InChI is InChI=1S/C15H24N2/c1-12(13-8-4-3-5-9-13)17(2)15-11-7-6-10-14(15)16/h3-5,8-9,12,14-15H,6-7,10-11,16H2,1-2H3/t12-,14+,15-/m0/s1. The fraction of sp³-hybridized carbons (Fsp3) is 0.600. The SMILES string of the molecule is C[C@@H](c1ccccc1)N(C)[C@H]1CCCC[C@H]1N. The van der Waals surface area contributed by atoms with E-state index in [-0.39, 0.29) is 0 Å². The fourth-order valence-corrected chi connectivity index (χ4v) is 2.90. The molecule has 0 heterocycles. The second-order valence-electron chi connectivity index (χ2n) is 5.27. The van der Waals surface area contributed by atoms with Gasteiger partial charge in [-0.2, -0.15) is 0 Å². The Hall–Kier alpha value is -0.860. The second kappa shape index (κ2) is 5.65. The summed E-state index contributed by atoms with van der Waals surface area (Å²) in [6.07, 6.45) is 5.04. The van der Waals surface area contributed by atoms with Crippen molar-refractivity contribution >= 4 is 0 Å². The largest absolute Gasteiger partial charge is 0.326 e. The average molecular weight is 232 g/mol. The van der Waals surface area contributed by atoms with Gasteiger partial charge >= 0.3 is 0 Å². The molecule has 0 unspecified atom stereocenters. The monoisotopic (exact) mass is 232 g/mol. The Balaban J connectivity index is 2.06. The van der Waals surface area contributed by atoms with Gasteiger partial charge in [0.05, 0.1) is 0 Å². The molecule has 1 aromatic carbocycles. The zero-order valence-corrected chi connectivity index (χ0v) is 11.0. The highest BCUT2D eigenvalue weighted by Crippen LogP contribution is 2.27. The number of likely N-dealkylation sites (N-methyl/N-ethyl adjacent to an activating group) is 1. The molecule has 1 aliphatic rings. The number of nitrogens with zero attached hydrogens (tertiary/aromatic N) is 1. The lowest BCUT2D eigenvalue weighted by Gasteiger charge is -2.39. The van der Waals surface area contributed by atoms with E-state index in [9.17, 15) is 0 Å². The quantitative estimate of drug-likeness (QED) is 0.868. The number of nitrogens with two attached hydrogens (primary N) is 1. The van der Waals surface area contributed by atoms with Gasteiger partial charge in [-0.25, -0.2) is 0 Å². The zero-order valence-electron chi connectivity index (χ0n) is 11.0. The molecule has 94 valence electrons. The van der Waals surface area contributed by atoms with Crippen molar-refractivity contribution in [1.29, 1.82) is 0 Å². The Morgan fingerprint density at radius 3 is 2.47 bits per heavy atom. The van der Waals surface area contributed by atoms with Gasteiger partial charge in [0, 0.05) is 18.1 Å². The summed E-state index contributed by atoms with van der Waals surface area (Å²) in [5.41, 5.74) is 7.64. The van der Waals surface area contributed by atoms with Crippen molar-refractivity contribution in [3.05, 3.63) is 35.9 Å². The number of hydrogen-bond acceptors (Lipinski definition) is 2. The molecule has 0 saturated heterocycles. The van der Waals surface area contributed by atoms with Crippen LogP contribution in [-0.2, 0) is 0 Å². The lowest BCUT2D eigenvalue weighted by molar-refractivity contribution is 0.128. The first-order valence-corrected chi connectivity index (χ1v) is 6.72. The average Bonchev–Trinajstić information content (AvgIpc) is 2.39. The molecule has 3 atom stereocenters.